The first-order valence-electron chi connectivity index (χ1n) is 12.2. The average Bonchev–Trinajstić information content (AvgIpc) is 3.51. The fraction of sp³-hybridized carbons (Fsp3) is 0.357. The molecule has 0 aliphatic carbocycles. The van der Waals surface area contributed by atoms with E-state index < -0.39 is 0 Å². The summed E-state index contributed by atoms with van der Waals surface area (Å²) < 4.78 is 7.39. The number of nitrogens with zero attached hydrogens (tertiary/aromatic N) is 5. The molecule has 0 spiro atoms. The van der Waals surface area contributed by atoms with Gasteiger partial charge in [0.1, 0.15) is 5.78 Å². The molecule has 1 saturated heterocycles. The van der Waals surface area contributed by atoms with Crippen LogP contribution < -0.4 is 0 Å². The lowest BCUT2D eigenvalue weighted by Crippen LogP contribution is -2.37. The first kappa shape index (κ1) is 23.2. The summed E-state index contributed by atoms with van der Waals surface area (Å²) in [4.78, 5) is 18.7. The maximum Gasteiger partial charge on any atom is 0.278 e. The fourth-order valence-corrected chi connectivity index (χ4v) is 4.85. The largest absolute Gasteiger partial charge is 0.332 e. The SMILES string of the molecule is CC(=O)C1CCN(CCc2ccc(-c3noc(-c4cc(-c5ccccc5)n(C)n4)n3)cc2C)CC1. The number of hydrogen-bond donors (Lipinski definition) is 0. The molecular formula is C28H31N5O2. The monoisotopic (exact) mass is 469 g/mol. The van der Waals surface area contributed by atoms with Gasteiger partial charge in [0.05, 0.1) is 5.69 Å². The Morgan fingerprint density at radius 2 is 1.83 bits per heavy atom. The van der Waals surface area contributed by atoms with E-state index in [0.717, 1.165) is 55.7 Å². The van der Waals surface area contributed by atoms with Crippen LogP contribution in [-0.2, 0) is 18.3 Å². The smallest absolute Gasteiger partial charge is 0.278 e. The van der Waals surface area contributed by atoms with Gasteiger partial charge in [0, 0.05) is 25.1 Å². The molecule has 0 amide bonds. The van der Waals surface area contributed by atoms with E-state index in [1.54, 1.807) is 6.92 Å². The van der Waals surface area contributed by atoms with Crippen LogP contribution in [0.4, 0.5) is 0 Å². The normalized spacial score (nSPS) is 14.9. The van der Waals surface area contributed by atoms with Crippen molar-refractivity contribution < 1.29 is 9.32 Å². The minimum absolute atomic E-state index is 0.253. The molecular weight excluding hydrogens is 438 g/mol. The van der Waals surface area contributed by atoms with Gasteiger partial charge in [0.25, 0.3) is 5.89 Å². The molecule has 0 N–H and O–H groups in total. The predicted molar refractivity (Wildman–Crippen MR) is 136 cm³/mol. The van der Waals surface area contributed by atoms with E-state index in [1.807, 2.05) is 36.0 Å². The van der Waals surface area contributed by atoms with Crippen molar-refractivity contribution in [1.29, 1.82) is 0 Å². The lowest BCUT2D eigenvalue weighted by atomic mass is 9.93. The highest BCUT2D eigenvalue weighted by atomic mass is 16.5. The minimum Gasteiger partial charge on any atom is -0.332 e. The number of Topliss-reactive ketones (excluding diaryl/α,β-unsaturated/α-hetero) is 1. The van der Waals surface area contributed by atoms with Crippen molar-refractivity contribution >= 4 is 5.78 Å². The average molecular weight is 470 g/mol. The van der Waals surface area contributed by atoms with Gasteiger partial charge in [0.15, 0.2) is 5.69 Å². The molecule has 7 heteroatoms. The number of aromatic nitrogens is 4. The number of hydrogen-bond acceptors (Lipinski definition) is 6. The highest BCUT2D eigenvalue weighted by Gasteiger charge is 2.22. The van der Waals surface area contributed by atoms with Gasteiger partial charge in [0.2, 0.25) is 5.82 Å². The third-order valence-corrected chi connectivity index (χ3v) is 7.06. The first-order valence-corrected chi connectivity index (χ1v) is 12.2. The zero-order valence-electron chi connectivity index (χ0n) is 20.6. The second kappa shape index (κ2) is 9.96. The van der Waals surface area contributed by atoms with Crippen molar-refractivity contribution in [2.45, 2.75) is 33.1 Å². The van der Waals surface area contributed by atoms with Crippen LogP contribution in [0.2, 0.25) is 0 Å². The van der Waals surface area contributed by atoms with Gasteiger partial charge >= 0.3 is 0 Å². The van der Waals surface area contributed by atoms with Gasteiger partial charge in [-0.2, -0.15) is 10.1 Å². The Bertz CT molecular complexity index is 1320. The second-order valence-corrected chi connectivity index (χ2v) is 9.45. The Kier molecular flexibility index (Phi) is 6.59. The fourth-order valence-electron chi connectivity index (χ4n) is 4.85. The molecule has 35 heavy (non-hydrogen) atoms. The zero-order valence-corrected chi connectivity index (χ0v) is 20.6. The molecule has 0 bridgehead atoms. The summed E-state index contributed by atoms with van der Waals surface area (Å²) in [5, 5.41) is 8.79. The summed E-state index contributed by atoms with van der Waals surface area (Å²) in [7, 11) is 1.91. The number of benzene rings is 2. The Morgan fingerprint density at radius 3 is 2.54 bits per heavy atom. The van der Waals surface area contributed by atoms with Crippen LogP contribution in [0.3, 0.4) is 0 Å². The number of carbonyl (C=O) groups excluding carboxylic acids is 1. The first-order chi connectivity index (χ1) is 17.0. The summed E-state index contributed by atoms with van der Waals surface area (Å²) in [5.74, 6) is 1.56. The van der Waals surface area contributed by atoms with Crippen LogP contribution in [-0.4, -0.2) is 50.2 Å². The van der Waals surface area contributed by atoms with Gasteiger partial charge in [-0.15, -0.1) is 0 Å². The van der Waals surface area contributed by atoms with Crippen LogP contribution in [0.25, 0.3) is 34.2 Å². The van der Waals surface area contributed by atoms with E-state index in [1.165, 1.54) is 11.1 Å². The summed E-state index contributed by atoms with van der Waals surface area (Å²) in [6.07, 6.45) is 2.96. The van der Waals surface area contributed by atoms with Crippen LogP contribution in [0.15, 0.2) is 59.1 Å². The Morgan fingerprint density at radius 1 is 1.06 bits per heavy atom. The molecule has 180 valence electrons. The lowest BCUT2D eigenvalue weighted by molar-refractivity contribution is -0.122. The Hall–Kier alpha value is -3.58. The van der Waals surface area contributed by atoms with E-state index in [4.69, 9.17) is 4.52 Å². The summed E-state index contributed by atoms with van der Waals surface area (Å²) in [6, 6.07) is 18.4. The number of aryl methyl sites for hydroxylation is 2. The third kappa shape index (κ3) is 5.10. The standard InChI is InChI=1S/C28H31N5O2/c1-19-17-24(10-9-21(19)11-14-33-15-12-22(13-16-33)20(2)34)27-29-28(35-31-27)25-18-26(32(3)30-25)23-7-5-4-6-8-23/h4-10,17-18,22H,11-16H2,1-3H3. The van der Waals surface area contributed by atoms with Gasteiger partial charge in [-0.3, -0.25) is 9.48 Å². The quantitative estimate of drug-likeness (QED) is 0.381. The highest BCUT2D eigenvalue weighted by molar-refractivity contribution is 5.78. The van der Waals surface area contributed by atoms with Gasteiger partial charge < -0.3 is 9.42 Å². The van der Waals surface area contributed by atoms with Gasteiger partial charge in [-0.25, -0.2) is 0 Å². The topological polar surface area (TPSA) is 77.0 Å². The van der Waals surface area contributed by atoms with Crippen molar-refractivity contribution in [3.05, 3.63) is 65.7 Å². The van der Waals surface area contributed by atoms with Crippen molar-refractivity contribution in [2.24, 2.45) is 13.0 Å². The molecule has 2 aromatic carbocycles. The predicted octanol–water partition coefficient (Wildman–Crippen LogP) is 4.96. The summed E-state index contributed by atoms with van der Waals surface area (Å²) in [6.45, 7) is 6.88. The van der Waals surface area contributed by atoms with Crippen molar-refractivity contribution in [2.75, 3.05) is 19.6 Å². The van der Waals surface area contributed by atoms with Crippen LogP contribution >= 0.6 is 0 Å². The molecule has 3 heterocycles. The van der Waals surface area contributed by atoms with E-state index in [9.17, 15) is 4.79 Å². The summed E-state index contributed by atoms with van der Waals surface area (Å²) >= 11 is 0. The Balaban J connectivity index is 1.25. The molecule has 4 aromatic rings. The molecule has 1 aliphatic heterocycles. The lowest BCUT2D eigenvalue weighted by Gasteiger charge is -2.30. The highest BCUT2D eigenvalue weighted by Crippen LogP contribution is 2.27. The molecule has 0 saturated carbocycles. The minimum atomic E-state index is 0.253. The summed E-state index contributed by atoms with van der Waals surface area (Å²) in [5.41, 5.74) is 6.21. The molecule has 1 fully saturated rings. The Labute approximate surface area is 205 Å². The molecule has 2 aromatic heterocycles. The van der Waals surface area contributed by atoms with Crippen LogP contribution in [0.1, 0.15) is 30.9 Å². The van der Waals surface area contributed by atoms with Crippen LogP contribution in [0, 0.1) is 12.8 Å². The maximum absolute atomic E-state index is 11.6. The molecule has 5 rings (SSSR count). The van der Waals surface area contributed by atoms with Crippen LogP contribution in [0.5, 0.6) is 0 Å². The van der Waals surface area contributed by atoms with E-state index in [2.05, 4.69) is 57.4 Å². The van der Waals surface area contributed by atoms with Gasteiger partial charge in [-0.05, 0) is 75.0 Å². The van der Waals surface area contributed by atoms with E-state index in [-0.39, 0.29) is 5.92 Å². The van der Waals surface area contributed by atoms with Crippen molar-refractivity contribution in [3.8, 4) is 34.2 Å². The van der Waals surface area contributed by atoms with E-state index in [0.29, 0.717) is 23.2 Å². The number of ketones is 1. The number of likely N-dealkylation sites (tertiary alicyclic amines) is 1. The molecule has 0 atom stereocenters. The maximum atomic E-state index is 11.6. The van der Waals surface area contributed by atoms with Gasteiger partial charge in [-0.1, -0.05) is 47.6 Å². The molecule has 1 aliphatic rings. The molecule has 7 nitrogen and oxygen atoms in total. The van der Waals surface area contributed by atoms with E-state index >= 15 is 0 Å². The molecule has 0 unspecified atom stereocenters. The number of piperidine rings is 1. The third-order valence-electron chi connectivity index (χ3n) is 7.06. The van der Waals surface area contributed by atoms with Crippen molar-refractivity contribution in [1.82, 2.24) is 24.8 Å². The van der Waals surface area contributed by atoms with Crippen molar-refractivity contribution in [3.63, 3.8) is 0 Å². The molecule has 0 radical (unpaired) electrons. The number of rotatable bonds is 7. The number of carbonyl (C=O) groups is 1. The second-order valence-electron chi connectivity index (χ2n) is 9.45. The zero-order chi connectivity index (χ0) is 24.4.